The molecule has 1 N–H and O–H groups in total. The Morgan fingerprint density at radius 1 is 1.31 bits per heavy atom. The van der Waals surface area contributed by atoms with Gasteiger partial charge in [-0.3, -0.25) is 10.1 Å². The molecule has 7 nitrogen and oxygen atoms in total. The highest BCUT2D eigenvalue weighted by Crippen LogP contribution is 2.27. The highest BCUT2D eigenvalue weighted by molar-refractivity contribution is 8.01. The SMILES string of the molecule is CCOC(=O)Nc1nnc(SCC(=O)c2cc(C)n(CCc3cccs3)c2C)s1. The molecule has 0 aliphatic rings. The topological polar surface area (TPSA) is 86.1 Å². The van der Waals surface area contributed by atoms with E-state index in [0.29, 0.717) is 9.47 Å². The van der Waals surface area contributed by atoms with Crippen molar-refractivity contribution >= 4 is 51.4 Å². The van der Waals surface area contributed by atoms with Gasteiger partial charge in [-0.05, 0) is 44.7 Å². The van der Waals surface area contributed by atoms with Crippen LogP contribution in [0.2, 0.25) is 0 Å². The molecule has 0 atom stereocenters. The van der Waals surface area contributed by atoms with Crippen molar-refractivity contribution < 1.29 is 14.3 Å². The van der Waals surface area contributed by atoms with Crippen LogP contribution in [0.25, 0.3) is 0 Å². The van der Waals surface area contributed by atoms with Crippen molar-refractivity contribution in [3.05, 3.63) is 45.4 Å². The first-order valence-corrected chi connectivity index (χ1v) is 11.8. The van der Waals surface area contributed by atoms with E-state index < -0.39 is 6.09 Å². The molecule has 0 spiro atoms. The molecule has 0 unspecified atom stereocenters. The van der Waals surface area contributed by atoms with Crippen molar-refractivity contribution in [2.24, 2.45) is 0 Å². The van der Waals surface area contributed by atoms with E-state index in [9.17, 15) is 9.59 Å². The van der Waals surface area contributed by atoms with Gasteiger partial charge in [0.05, 0.1) is 12.4 Å². The highest BCUT2D eigenvalue weighted by Gasteiger charge is 2.17. The number of anilines is 1. The number of thioether (sulfide) groups is 1. The lowest BCUT2D eigenvalue weighted by Crippen LogP contribution is -2.12. The standard InChI is InChI=1S/C19H22N4O3S3/c1-4-26-18(25)20-17-21-22-19(29-17)28-11-16(24)15-10-12(2)23(13(15)3)8-7-14-6-5-9-27-14/h5-6,9-10H,4,7-8,11H2,1-3H3,(H,20,21,25). The number of thiophene rings is 1. The molecule has 0 bridgehead atoms. The van der Waals surface area contributed by atoms with Gasteiger partial charge in [0.1, 0.15) is 0 Å². The van der Waals surface area contributed by atoms with Crippen LogP contribution in [0.3, 0.4) is 0 Å². The Balaban J connectivity index is 1.57. The molecule has 1 amide bonds. The normalized spacial score (nSPS) is 10.9. The van der Waals surface area contributed by atoms with Crippen LogP contribution in [-0.4, -0.2) is 39.0 Å². The highest BCUT2D eigenvalue weighted by atomic mass is 32.2. The third-order valence-electron chi connectivity index (χ3n) is 4.25. The molecule has 3 aromatic heterocycles. The van der Waals surface area contributed by atoms with E-state index in [1.807, 2.05) is 19.9 Å². The van der Waals surface area contributed by atoms with Gasteiger partial charge in [0.2, 0.25) is 5.13 Å². The monoisotopic (exact) mass is 450 g/mol. The van der Waals surface area contributed by atoms with Gasteiger partial charge in [0.25, 0.3) is 0 Å². The maximum absolute atomic E-state index is 12.7. The predicted molar refractivity (Wildman–Crippen MR) is 118 cm³/mol. The lowest BCUT2D eigenvalue weighted by molar-refractivity contribution is 0.102. The fourth-order valence-corrected chi connectivity index (χ4v) is 5.20. The van der Waals surface area contributed by atoms with Gasteiger partial charge in [-0.15, -0.1) is 21.5 Å². The average molecular weight is 451 g/mol. The zero-order chi connectivity index (χ0) is 20.8. The van der Waals surface area contributed by atoms with E-state index in [1.54, 1.807) is 18.3 Å². The molecule has 0 aliphatic heterocycles. The van der Waals surface area contributed by atoms with Crippen molar-refractivity contribution in [3.63, 3.8) is 0 Å². The van der Waals surface area contributed by atoms with Gasteiger partial charge >= 0.3 is 6.09 Å². The Labute approximate surface area is 181 Å². The number of nitrogens with zero attached hydrogens (tertiary/aromatic N) is 3. The van der Waals surface area contributed by atoms with E-state index in [-0.39, 0.29) is 18.1 Å². The largest absolute Gasteiger partial charge is 0.450 e. The minimum atomic E-state index is -0.564. The van der Waals surface area contributed by atoms with Gasteiger partial charge in [-0.25, -0.2) is 4.79 Å². The molecule has 0 radical (unpaired) electrons. The van der Waals surface area contributed by atoms with Crippen LogP contribution in [0.5, 0.6) is 0 Å². The first-order valence-electron chi connectivity index (χ1n) is 9.10. The zero-order valence-electron chi connectivity index (χ0n) is 16.4. The molecule has 3 heterocycles. The summed E-state index contributed by atoms with van der Waals surface area (Å²) in [5, 5.41) is 12.8. The molecule has 0 fully saturated rings. The molecule has 154 valence electrons. The molecule has 0 aliphatic carbocycles. The van der Waals surface area contributed by atoms with E-state index in [4.69, 9.17) is 4.74 Å². The van der Waals surface area contributed by atoms with Crippen molar-refractivity contribution in [2.45, 2.75) is 38.1 Å². The van der Waals surface area contributed by atoms with Crippen molar-refractivity contribution in [2.75, 3.05) is 17.7 Å². The predicted octanol–water partition coefficient (Wildman–Crippen LogP) is 4.80. The van der Waals surface area contributed by atoms with Crippen molar-refractivity contribution in [1.29, 1.82) is 0 Å². The number of carbonyl (C=O) groups is 2. The third-order valence-corrected chi connectivity index (χ3v) is 7.16. The Morgan fingerprint density at radius 3 is 2.86 bits per heavy atom. The van der Waals surface area contributed by atoms with Crippen LogP contribution < -0.4 is 5.32 Å². The fourth-order valence-electron chi connectivity index (χ4n) is 2.88. The summed E-state index contributed by atoms with van der Waals surface area (Å²) in [7, 11) is 0. The van der Waals surface area contributed by atoms with Crippen LogP contribution in [0.1, 0.15) is 33.5 Å². The Hall–Kier alpha value is -2.17. The Morgan fingerprint density at radius 2 is 2.14 bits per heavy atom. The van der Waals surface area contributed by atoms with Crippen LogP contribution in [0, 0.1) is 13.8 Å². The smallest absolute Gasteiger partial charge is 0.413 e. The summed E-state index contributed by atoms with van der Waals surface area (Å²) in [6, 6.07) is 6.15. The van der Waals surface area contributed by atoms with E-state index in [1.165, 1.54) is 28.0 Å². The molecule has 29 heavy (non-hydrogen) atoms. The molecule has 10 heteroatoms. The number of rotatable bonds is 9. The zero-order valence-corrected chi connectivity index (χ0v) is 18.9. The number of aryl methyl sites for hydroxylation is 2. The number of Topliss-reactive ketones (excluding diaryl/α,β-unsaturated/α-hetero) is 1. The number of carbonyl (C=O) groups excluding carboxylic acids is 2. The van der Waals surface area contributed by atoms with E-state index in [0.717, 1.165) is 29.9 Å². The van der Waals surface area contributed by atoms with Gasteiger partial charge in [0.15, 0.2) is 10.1 Å². The summed E-state index contributed by atoms with van der Waals surface area (Å²) in [6.45, 7) is 6.89. The number of ether oxygens (including phenoxy) is 1. The first kappa shape index (κ1) is 21.5. The second kappa shape index (κ2) is 10.0. The summed E-state index contributed by atoms with van der Waals surface area (Å²) >= 11 is 4.28. The molecule has 0 aromatic carbocycles. The van der Waals surface area contributed by atoms with Crippen molar-refractivity contribution in [3.8, 4) is 0 Å². The molecule has 3 aromatic rings. The lowest BCUT2D eigenvalue weighted by Gasteiger charge is -2.09. The van der Waals surface area contributed by atoms with Crippen LogP contribution in [-0.2, 0) is 17.7 Å². The number of hydrogen-bond acceptors (Lipinski definition) is 8. The minimum Gasteiger partial charge on any atom is -0.450 e. The number of ketones is 1. The first-order chi connectivity index (χ1) is 14.0. The van der Waals surface area contributed by atoms with Crippen LogP contribution in [0.15, 0.2) is 27.9 Å². The molecule has 0 saturated carbocycles. The summed E-state index contributed by atoms with van der Waals surface area (Å²) in [4.78, 5) is 25.5. The maximum atomic E-state index is 12.7. The van der Waals surface area contributed by atoms with Crippen molar-refractivity contribution in [1.82, 2.24) is 14.8 Å². The number of hydrogen-bond donors (Lipinski definition) is 1. The summed E-state index contributed by atoms with van der Waals surface area (Å²) in [5.74, 6) is 0.323. The van der Waals surface area contributed by atoms with Crippen LogP contribution >= 0.6 is 34.4 Å². The van der Waals surface area contributed by atoms with E-state index >= 15 is 0 Å². The lowest BCUT2D eigenvalue weighted by atomic mass is 10.2. The second-order valence-corrected chi connectivity index (χ2v) is 9.43. The fraction of sp³-hybridized carbons (Fsp3) is 0.368. The Kier molecular flexibility index (Phi) is 7.45. The average Bonchev–Trinajstić information content (AvgIpc) is 3.41. The number of nitrogens with one attached hydrogen (secondary N) is 1. The summed E-state index contributed by atoms with van der Waals surface area (Å²) < 4.78 is 7.63. The van der Waals surface area contributed by atoms with Crippen LogP contribution in [0.4, 0.5) is 9.93 Å². The molecular formula is C19H22N4O3S3. The number of amides is 1. The summed E-state index contributed by atoms with van der Waals surface area (Å²) in [6.07, 6.45) is 0.392. The summed E-state index contributed by atoms with van der Waals surface area (Å²) in [5.41, 5.74) is 2.83. The second-order valence-electron chi connectivity index (χ2n) is 6.20. The van der Waals surface area contributed by atoms with Gasteiger partial charge in [0, 0.05) is 28.4 Å². The molecule has 3 rings (SSSR count). The van der Waals surface area contributed by atoms with Gasteiger partial charge in [-0.2, -0.15) is 0 Å². The quantitative estimate of drug-likeness (QED) is 0.286. The Bertz CT molecular complexity index is 979. The molecule has 0 saturated heterocycles. The number of aromatic nitrogens is 3. The van der Waals surface area contributed by atoms with Gasteiger partial charge in [-0.1, -0.05) is 29.2 Å². The van der Waals surface area contributed by atoms with Gasteiger partial charge < -0.3 is 9.30 Å². The third kappa shape index (κ3) is 5.68. The maximum Gasteiger partial charge on any atom is 0.413 e. The molecular weight excluding hydrogens is 428 g/mol. The van der Waals surface area contributed by atoms with E-state index in [2.05, 4.69) is 37.6 Å². The minimum absolute atomic E-state index is 0.0561.